The first-order chi connectivity index (χ1) is 14.1. The third-order valence-electron chi connectivity index (χ3n) is 6.36. The summed E-state index contributed by atoms with van der Waals surface area (Å²) < 4.78 is 5.67. The van der Waals surface area contributed by atoms with Crippen molar-refractivity contribution < 1.29 is 14.7 Å². The number of hydrogen-bond donors (Lipinski definition) is 1. The van der Waals surface area contributed by atoms with Crippen molar-refractivity contribution in [3.63, 3.8) is 0 Å². The van der Waals surface area contributed by atoms with Crippen molar-refractivity contribution in [3.05, 3.63) is 69.8 Å². The van der Waals surface area contributed by atoms with Gasteiger partial charge in [0.25, 0.3) is 0 Å². The van der Waals surface area contributed by atoms with Crippen LogP contribution in [0, 0.1) is 0 Å². The molecule has 1 aliphatic carbocycles. The summed E-state index contributed by atoms with van der Waals surface area (Å²) in [5.74, 6) is 0.889. The summed E-state index contributed by atoms with van der Waals surface area (Å²) in [5.41, 5.74) is 4.98. The number of aliphatic hydroxyl groups is 1. The summed E-state index contributed by atoms with van der Waals surface area (Å²) in [5, 5.41) is 16.0. The van der Waals surface area contributed by atoms with Gasteiger partial charge in [-0.05, 0) is 60.6 Å². The topological polar surface area (TPSA) is 45.2 Å². The van der Waals surface area contributed by atoms with Crippen LogP contribution in [0.15, 0.2) is 48.0 Å². The number of fused-ring (bicyclic) bond motifs is 2. The summed E-state index contributed by atoms with van der Waals surface area (Å²) in [6.45, 7) is 2.03. The minimum Gasteiger partial charge on any atom is -0.496 e. The molecule has 2 heterocycles. The molecule has 2 aromatic carbocycles. The molecule has 29 heavy (non-hydrogen) atoms. The van der Waals surface area contributed by atoms with Gasteiger partial charge in [-0.2, -0.15) is 10.2 Å². The van der Waals surface area contributed by atoms with E-state index in [0.29, 0.717) is 37.6 Å². The number of ether oxygens (including phenoxy) is 1. The maximum atomic E-state index is 11.2. The summed E-state index contributed by atoms with van der Waals surface area (Å²) in [6, 6.07) is 13.8. The Morgan fingerprint density at radius 1 is 1.07 bits per heavy atom. The Bertz CT molecular complexity index is 949. The minimum absolute atomic E-state index is 0.616. The van der Waals surface area contributed by atoms with E-state index in [9.17, 15) is 5.11 Å². The Balaban J connectivity index is 1.39. The Hall–Kier alpha value is -2.05. The highest BCUT2D eigenvalue weighted by Crippen LogP contribution is 2.44. The van der Waals surface area contributed by atoms with E-state index >= 15 is 0 Å². The van der Waals surface area contributed by atoms with Gasteiger partial charge in [0.15, 0.2) is 0 Å². The number of rotatable bonds is 3. The molecule has 2 aromatic rings. The van der Waals surface area contributed by atoms with Gasteiger partial charge in [0.05, 0.1) is 18.4 Å². The molecule has 2 aliphatic heterocycles. The maximum absolute atomic E-state index is 11.2. The third kappa shape index (κ3) is 3.22. The molecule has 0 unspecified atom stereocenters. The van der Waals surface area contributed by atoms with Gasteiger partial charge in [-0.1, -0.05) is 35.9 Å². The lowest BCUT2D eigenvalue weighted by Gasteiger charge is -2.42. The quantitative estimate of drug-likeness (QED) is 0.820. The molecule has 3 aliphatic rings. The van der Waals surface area contributed by atoms with Crippen molar-refractivity contribution in [2.24, 2.45) is 0 Å². The smallest absolute Gasteiger partial charge is 0.128 e. The van der Waals surface area contributed by atoms with Gasteiger partial charge in [0.1, 0.15) is 12.4 Å². The Morgan fingerprint density at radius 3 is 2.55 bits per heavy atom. The Labute approximate surface area is 176 Å². The van der Waals surface area contributed by atoms with Gasteiger partial charge >= 0.3 is 0 Å². The van der Waals surface area contributed by atoms with Gasteiger partial charge < -0.3 is 9.84 Å². The van der Waals surface area contributed by atoms with E-state index in [1.54, 1.807) is 7.11 Å². The molecule has 5 nitrogen and oxygen atoms in total. The van der Waals surface area contributed by atoms with Crippen LogP contribution < -0.4 is 4.74 Å². The van der Waals surface area contributed by atoms with Gasteiger partial charge in [0, 0.05) is 23.7 Å². The number of hydrogen-bond acceptors (Lipinski definition) is 5. The number of hydrazine groups is 1. The molecule has 5 rings (SSSR count). The van der Waals surface area contributed by atoms with E-state index in [1.165, 1.54) is 11.1 Å². The SMILES string of the molecule is COc1cccc2c1C1=C(CC2)CON1N1CCC(O)(c2ccc(Cl)cc2)CC1. The number of nitrogens with zero attached hydrogens (tertiary/aromatic N) is 2. The fourth-order valence-corrected chi connectivity index (χ4v) is 4.82. The zero-order valence-corrected chi connectivity index (χ0v) is 17.3. The molecule has 1 fully saturated rings. The molecular formula is C23H25ClN2O3. The van der Waals surface area contributed by atoms with E-state index < -0.39 is 5.60 Å². The molecule has 152 valence electrons. The zero-order valence-electron chi connectivity index (χ0n) is 16.5. The van der Waals surface area contributed by atoms with Crippen LogP contribution in [-0.2, 0) is 16.9 Å². The van der Waals surface area contributed by atoms with E-state index in [-0.39, 0.29) is 0 Å². The maximum Gasteiger partial charge on any atom is 0.128 e. The molecule has 0 atom stereocenters. The second-order valence-corrected chi connectivity index (χ2v) is 8.42. The first kappa shape index (κ1) is 18.9. The lowest BCUT2D eigenvalue weighted by molar-refractivity contribution is -0.239. The predicted molar refractivity (Wildman–Crippen MR) is 112 cm³/mol. The highest BCUT2D eigenvalue weighted by molar-refractivity contribution is 6.30. The molecule has 6 heteroatoms. The summed E-state index contributed by atoms with van der Waals surface area (Å²) in [4.78, 5) is 6.12. The van der Waals surface area contributed by atoms with Crippen molar-refractivity contribution in [3.8, 4) is 5.75 Å². The monoisotopic (exact) mass is 412 g/mol. The average molecular weight is 413 g/mol. The number of benzene rings is 2. The molecule has 0 radical (unpaired) electrons. The Morgan fingerprint density at radius 2 is 1.83 bits per heavy atom. The standard InChI is InChI=1S/C23H25ClN2O3/c1-28-20-4-2-3-16-5-6-17-15-29-26(22(17)21(16)20)25-13-11-23(27,12-14-25)18-7-9-19(24)10-8-18/h2-4,7-10,27H,5-6,11-15H2,1H3. The van der Waals surface area contributed by atoms with E-state index in [2.05, 4.69) is 17.1 Å². The average Bonchev–Trinajstić information content (AvgIpc) is 3.18. The van der Waals surface area contributed by atoms with Gasteiger partial charge in [-0.3, -0.25) is 4.84 Å². The molecule has 0 amide bonds. The summed E-state index contributed by atoms with van der Waals surface area (Å²) in [6.07, 6.45) is 3.29. The van der Waals surface area contributed by atoms with Crippen LogP contribution in [0.25, 0.3) is 5.70 Å². The molecule has 1 saturated heterocycles. The first-order valence-electron chi connectivity index (χ1n) is 10.1. The molecule has 0 aromatic heterocycles. The first-order valence-corrected chi connectivity index (χ1v) is 10.5. The van der Waals surface area contributed by atoms with Gasteiger partial charge in [-0.15, -0.1) is 0 Å². The number of halogens is 1. The second-order valence-electron chi connectivity index (χ2n) is 7.99. The molecule has 0 bridgehead atoms. The largest absolute Gasteiger partial charge is 0.496 e. The number of aryl methyl sites for hydroxylation is 1. The van der Waals surface area contributed by atoms with Crippen molar-refractivity contribution in [2.75, 3.05) is 26.8 Å². The highest BCUT2D eigenvalue weighted by Gasteiger charge is 2.40. The lowest BCUT2D eigenvalue weighted by atomic mass is 9.85. The number of hydroxylamine groups is 1. The van der Waals surface area contributed by atoms with Crippen LogP contribution in [0.1, 0.15) is 36.0 Å². The fourth-order valence-electron chi connectivity index (χ4n) is 4.70. The van der Waals surface area contributed by atoms with Gasteiger partial charge in [0.2, 0.25) is 0 Å². The molecular weight excluding hydrogens is 388 g/mol. The van der Waals surface area contributed by atoms with Crippen molar-refractivity contribution in [1.82, 2.24) is 10.2 Å². The van der Waals surface area contributed by atoms with Crippen LogP contribution in [0.2, 0.25) is 5.02 Å². The minimum atomic E-state index is -0.833. The van der Waals surface area contributed by atoms with Crippen LogP contribution in [0.3, 0.4) is 0 Å². The van der Waals surface area contributed by atoms with Crippen LogP contribution >= 0.6 is 11.6 Å². The van der Waals surface area contributed by atoms with Crippen LogP contribution in [-0.4, -0.2) is 42.1 Å². The summed E-state index contributed by atoms with van der Waals surface area (Å²) in [7, 11) is 1.72. The van der Waals surface area contributed by atoms with Crippen LogP contribution in [0.5, 0.6) is 5.75 Å². The van der Waals surface area contributed by atoms with Gasteiger partial charge in [-0.25, -0.2) is 0 Å². The van der Waals surface area contributed by atoms with E-state index in [1.807, 2.05) is 35.5 Å². The third-order valence-corrected chi connectivity index (χ3v) is 6.61. The summed E-state index contributed by atoms with van der Waals surface area (Å²) >= 11 is 6.01. The zero-order chi connectivity index (χ0) is 20.0. The molecule has 1 N–H and O–H groups in total. The van der Waals surface area contributed by atoms with Crippen molar-refractivity contribution >= 4 is 17.3 Å². The van der Waals surface area contributed by atoms with E-state index in [4.69, 9.17) is 21.2 Å². The number of piperidine rings is 1. The number of methoxy groups -OCH3 is 1. The Kier molecular flexibility index (Phi) is 4.79. The predicted octanol–water partition coefficient (Wildman–Crippen LogP) is 4.15. The normalized spacial score (nSPS) is 21.1. The fraction of sp³-hybridized carbons (Fsp3) is 0.391. The van der Waals surface area contributed by atoms with E-state index in [0.717, 1.165) is 35.4 Å². The van der Waals surface area contributed by atoms with Crippen molar-refractivity contribution in [1.29, 1.82) is 0 Å². The lowest BCUT2D eigenvalue weighted by Crippen LogP contribution is -2.49. The second kappa shape index (κ2) is 7.33. The van der Waals surface area contributed by atoms with Crippen LogP contribution in [0.4, 0.5) is 0 Å². The van der Waals surface area contributed by atoms with Crippen molar-refractivity contribution in [2.45, 2.75) is 31.3 Å². The molecule has 0 saturated carbocycles. The molecule has 0 spiro atoms. The highest BCUT2D eigenvalue weighted by atomic mass is 35.5.